The van der Waals surface area contributed by atoms with E-state index >= 15 is 0 Å². The van der Waals surface area contributed by atoms with Gasteiger partial charge in [0, 0.05) is 6.42 Å². The number of ether oxygens (including phenoxy) is 1. The normalized spacial score (nSPS) is 31.8. The molecule has 1 N–H and O–H groups in total. The highest BCUT2D eigenvalue weighted by molar-refractivity contribution is 5.20. The van der Waals surface area contributed by atoms with Gasteiger partial charge in [-0.25, -0.2) is 0 Å². The zero-order valence-corrected chi connectivity index (χ0v) is 10.1. The van der Waals surface area contributed by atoms with Crippen LogP contribution >= 0.6 is 0 Å². The van der Waals surface area contributed by atoms with Gasteiger partial charge >= 0.3 is 0 Å². The van der Waals surface area contributed by atoms with Crippen LogP contribution in [0.4, 0.5) is 0 Å². The van der Waals surface area contributed by atoms with Gasteiger partial charge in [0.2, 0.25) is 0 Å². The maximum Gasteiger partial charge on any atom is 0.0949 e. The van der Waals surface area contributed by atoms with Crippen molar-refractivity contribution in [2.75, 3.05) is 0 Å². The predicted octanol–water partition coefficient (Wildman–Crippen LogP) is 3.21. The number of hydrogen-bond donors (Lipinski definition) is 1. The lowest BCUT2D eigenvalue weighted by atomic mass is 9.81. The van der Waals surface area contributed by atoms with Gasteiger partial charge in [0.15, 0.2) is 0 Å². The van der Waals surface area contributed by atoms with Gasteiger partial charge in [0.25, 0.3) is 0 Å². The first-order valence-electron chi connectivity index (χ1n) is 6.71. The molecule has 2 unspecified atom stereocenters. The van der Waals surface area contributed by atoms with Crippen molar-refractivity contribution >= 4 is 0 Å². The highest BCUT2D eigenvalue weighted by Crippen LogP contribution is 2.47. The van der Waals surface area contributed by atoms with E-state index in [2.05, 4.69) is 12.1 Å². The lowest BCUT2D eigenvalue weighted by Crippen LogP contribution is -2.40. The molecule has 2 atom stereocenters. The predicted molar refractivity (Wildman–Crippen MR) is 66.7 cm³/mol. The molecule has 1 aliphatic heterocycles. The molecule has 1 saturated heterocycles. The Morgan fingerprint density at radius 3 is 2.47 bits per heavy atom. The van der Waals surface area contributed by atoms with E-state index in [1.165, 1.54) is 24.8 Å². The molecular weight excluding hydrogens is 212 g/mol. The second-order valence-corrected chi connectivity index (χ2v) is 5.39. The van der Waals surface area contributed by atoms with Crippen molar-refractivity contribution < 1.29 is 9.84 Å². The maximum absolute atomic E-state index is 10.3. The van der Waals surface area contributed by atoms with Crippen molar-refractivity contribution in [1.82, 2.24) is 0 Å². The van der Waals surface area contributed by atoms with Gasteiger partial charge in [-0.15, -0.1) is 0 Å². The van der Waals surface area contributed by atoms with Crippen LogP contribution in [0, 0.1) is 0 Å². The fourth-order valence-electron chi connectivity index (χ4n) is 3.30. The van der Waals surface area contributed by atoms with Gasteiger partial charge in [-0.1, -0.05) is 49.6 Å². The lowest BCUT2D eigenvalue weighted by Gasteiger charge is -2.35. The molecule has 2 aliphatic rings. The Labute approximate surface area is 103 Å². The maximum atomic E-state index is 10.3. The standard InChI is InChI=1S/C15H20O2/c16-14-11-13(12-7-3-1-4-8-12)17-15(14)9-5-2-6-10-15/h1,3-4,7-8,13-14,16H,2,5-6,9-11H2. The number of rotatable bonds is 1. The number of benzene rings is 1. The van der Waals surface area contributed by atoms with Crippen LogP contribution in [0.15, 0.2) is 30.3 Å². The Bertz CT molecular complexity index is 368. The van der Waals surface area contributed by atoms with E-state index in [0.717, 1.165) is 19.3 Å². The quantitative estimate of drug-likeness (QED) is 0.805. The molecule has 1 spiro atoms. The molecule has 0 aromatic heterocycles. The second kappa shape index (κ2) is 4.43. The molecule has 3 rings (SSSR count). The molecule has 0 amide bonds. The fourth-order valence-corrected chi connectivity index (χ4v) is 3.30. The first-order chi connectivity index (χ1) is 8.30. The van der Waals surface area contributed by atoms with Gasteiger partial charge < -0.3 is 9.84 Å². The van der Waals surface area contributed by atoms with E-state index in [0.29, 0.717) is 0 Å². The van der Waals surface area contributed by atoms with Crippen LogP contribution in [0.2, 0.25) is 0 Å². The number of hydrogen-bond acceptors (Lipinski definition) is 2. The minimum Gasteiger partial charge on any atom is -0.390 e. The van der Waals surface area contributed by atoms with Crippen LogP contribution in [-0.4, -0.2) is 16.8 Å². The summed E-state index contributed by atoms with van der Waals surface area (Å²) >= 11 is 0. The highest BCUT2D eigenvalue weighted by atomic mass is 16.5. The first-order valence-corrected chi connectivity index (χ1v) is 6.71. The summed E-state index contributed by atoms with van der Waals surface area (Å²) in [5.74, 6) is 0. The number of aliphatic hydroxyl groups excluding tert-OH is 1. The van der Waals surface area contributed by atoms with Crippen LogP contribution in [-0.2, 0) is 4.74 Å². The molecule has 1 aromatic carbocycles. The molecule has 2 fully saturated rings. The Hall–Kier alpha value is -0.860. The van der Waals surface area contributed by atoms with Crippen LogP contribution in [0.25, 0.3) is 0 Å². The Morgan fingerprint density at radius 2 is 1.76 bits per heavy atom. The molecule has 2 nitrogen and oxygen atoms in total. The van der Waals surface area contributed by atoms with E-state index < -0.39 is 0 Å². The lowest BCUT2D eigenvalue weighted by molar-refractivity contribution is -0.104. The van der Waals surface area contributed by atoms with Crippen molar-refractivity contribution in [3.8, 4) is 0 Å². The largest absolute Gasteiger partial charge is 0.390 e. The van der Waals surface area contributed by atoms with Crippen molar-refractivity contribution in [1.29, 1.82) is 0 Å². The van der Waals surface area contributed by atoms with Crippen molar-refractivity contribution in [3.05, 3.63) is 35.9 Å². The second-order valence-electron chi connectivity index (χ2n) is 5.39. The van der Waals surface area contributed by atoms with Gasteiger partial charge in [0.1, 0.15) is 0 Å². The number of aliphatic hydroxyl groups is 1. The first kappa shape index (κ1) is 11.2. The van der Waals surface area contributed by atoms with Crippen LogP contribution in [0.3, 0.4) is 0 Å². The highest BCUT2D eigenvalue weighted by Gasteiger charge is 2.48. The summed E-state index contributed by atoms with van der Waals surface area (Å²) in [6.45, 7) is 0. The molecule has 1 saturated carbocycles. The summed E-state index contributed by atoms with van der Waals surface area (Å²) in [5.41, 5.74) is 0.965. The fraction of sp³-hybridized carbons (Fsp3) is 0.600. The van der Waals surface area contributed by atoms with Crippen LogP contribution < -0.4 is 0 Å². The molecular formula is C15H20O2. The molecule has 1 aliphatic carbocycles. The molecule has 0 radical (unpaired) electrons. The van der Waals surface area contributed by atoms with E-state index in [1.807, 2.05) is 18.2 Å². The average Bonchev–Trinajstić information content (AvgIpc) is 2.69. The zero-order valence-electron chi connectivity index (χ0n) is 10.1. The van der Waals surface area contributed by atoms with Gasteiger partial charge in [-0.05, 0) is 18.4 Å². The van der Waals surface area contributed by atoms with Gasteiger partial charge in [-0.2, -0.15) is 0 Å². The van der Waals surface area contributed by atoms with Crippen molar-refractivity contribution in [3.63, 3.8) is 0 Å². The monoisotopic (exact) mass is 232 g/mol. The Morgan fingerprint density at radius 1 is 1.06 bits per heavy atom. The molecule has 1 heterocycles. The van der Waals surface area contributed by atoms with E-state index in [-0.39, 0.29) is 17.8 Å². The third kappa shape index (κ3) is 2.00. The molecule has 92 valence electrons. The SMILES string of the molecule is OC1CC(c2ccccc2)OC12CCCCC2. The van der Waals surface area contributed by atoms with Gasteiger partial charge in [0.05, 0.1) is 17.8 Å². The molecule has 2 heteroatoms. The van der Waals surface area contributed by atoms with Crippen LogP contribution in [0.1, 0.15) is 50.2 Å². The van der Waals surface area contributed by atoms with Crippen molar-refractivity contribution in [2.45, 2.75) is 56.3 Å². The summed E-state index contributed by atoms with van der Waals surface area (Å²) in [5, 5.41) is 10.3. The van der Waals surface area contributed by atoms with E-state index in [1.54, 1.807) is 0 Å². The summed E-state index contributed by atoms with van der Waals surface area (Å²) < 4.78 is 6.24. The summed E-state index contributed by atoms with van der Waals surface area (Å²) in [6.07, 6.45) is 6.28. The minimum absolute atomic E-state index is 0.0873. The molecule has 17 heavy (non-hydrogen) atoms. The minimum atomic E-state index is -0.284. The summed E-state index contributed by atoms with van der Waals surface area (Å²) in [6, 6.07) is 10.3. The van der Waals surface area contributed by atoms with Crippen molar-refractivity contribution in [2.24, 2.45) is 0 Å². The summed E-state index contributed by atoms with van der Waals surface area (Å²) in [4.78, 5) is 0. The topological polar surface area (TPSA) is 29.5 Å². The zero-order chi connectivity index (χ0) is 11.7. The molecule has 0 bridgehead atoms. The Balaban J connectivity index is 1.79. The van der Waals surface area contributed by atoms with Crippen LogP contribution in [0.5, 0.6) is 0 Å². The summed E-state index contributed by atoms with van der Waals surface area (Å²) in [7, 11) is 0. The van der Waals surface area contributed by atoms with E-state index in [9.17, 15) is 5.11 Å². The Kier molecular flexibility index (Phi) is 2.93. The third-order valence-corrected chi connectivity index (χ3v) is 4.29. The molecule has 1 aromatic rings. The smallest absolute Gasteiger partial charge is 0.0949 e. The van der Waals surface area contributed by atoms with Gasteiger partial charge in [-0.3, -0.25) is 0 Å². The third-order valence-electron chi connectivity index (χ3n) is 4.29. The average molecular weight is 232 g/mol. The van der Waals surface area contributed by atoms with E-state index in [4.69, 9.17) is 4.74 Å².